The van der Waals surface area contributed by atoms with Gasteiger partial charge >= 0.3 is 0 Å². The SMILES string of the molecule is CC(C)n1nncc1C(O)C1CCCN1. The van der Waals surface area contributed by atoms with E-state index in [1.54, 1.807) is 10.9 Å². The van der Waals surface area contributed by atoms with Gasteiger partial charge in [0.25, 0.3) is 0 Å². The Kier molecular flexibility index (Phi) is 3.02. The number of rotatable bonds is 3. The highest BCUT2D eigenvalue weighted by Gasteiger charge is 2.27. The van der Waals surface area contributed by atoms with E-state index in [4.69, 9.17) is 0 Å². The lowest BCUT2D eigenvalue weighted by atomic mass is 10.1. The van der Waals surface area contributed by atoms with Crippen LogP contribution >= 0.6 is 0 Å². The molecule has 1 fully saturated rings. The van der Waals surface area contributed by atoms with Gasteiger partial charge in [-0.1, -0.05) is 5.21 Å². The molecule has 2 atom stereocenters. The van der Waals surface area contributed by atoms with Crippen LogP contribution in [0.4, 0.5) is 0 Å². The monoisotopic (exact) mass is 210 g/mol. The Morgan fingerprint density at radius 3 is 3.00 bits per heavy atom. The maximum absolute atomic E-state index is 10.2. The van der Waals surface area contributed by atoms with Crippen molar-refractivity contribution in [2.75, 3.05) is 6.54 Å². The average Bonchev–Trinajstić information content (AvgIpc) is 2.88. The molecule has 0 bridgehead atoms. The average molecular weight is 210 g/mol. The molecule has 0 amide bonds. The number of nitrogens with one attached hydrogen (secondary N) is 1. The molecule has 0 spiro atoms. The van der Waals surface area contributed by atoms with E-state index >= 15 is 0 Å². The fourth-order valence-corrected chi connectivity index (χ4v) is 2.05. The van der Waals surface area contributed by atoms with Gasteiger partial charge in [-0.3, -0.25) is 0 Å². The van der Waals surface area contributed by atoms with E-state index in [-0.39, 0.29) is 12.1 Å². The predicted molar refractivity (Wildman–Crippen MR) is 56.4 cm³/mol. The molecule has 2 heterocycles. The van der Waals surface area contributed by atoms with Crippen molar-refractivity contribution in [3.05, 3.63) is 11.9 Å². The van der Waals surface area contributed by atoms with Crippen LogP contribution in [0.25, 0.3) is 0 Å². The summed E-state index contributed by atoms with van der Waals surface area (Å²) in [5.41, 5.74) is 0.810. The number of hydrogen-bond acceptors (Lipinski definition) is 4. The van der Waals surface area contributed by atoms with Crippen LogP contribution in [-0.4, -0.2) is 32.7 Å². The van der Waals surface area contributed by atoms with Gasteiger partial charge < -0.3 is 10.4 Å². The number of hydrogen-bond donors (Lipinski definition) is 2. The van der Waals surface area contributed by atoms with E-state index in [0.29, 0.717) is 0 Å². The molecule has 15 heavy (non-hydrogen) atoms. The Morgan fingerprint density at radius 2 is 2.40 bits per heavy atom. The van der Waals surface area contributed by atoms with E-state index in [1.165, 1.54) is 0 Å². The smallest absolute Gasteiger partial charge is 0.112 e. The zero-order valence-corrected chi connectivity index (χ0v) is 9.22. The van der Waals surface area contributed by atoms with E-state index in [9.17, 15) is 5.11 Å². The van der Waals surface area contributed by atoms with Crippen molar-refractivity contribution < 1.29 is 5.11 Å². The molecule has 0 radical (unpaired) electrons. The summed E-state index contributed by atoms with van der Waals surface area (Å²) >= 11 is 0. The van der Waals surface area contributed by atoms with Crippen LogP contribution in [0, 0.1) is 0 Å². The van der Waals surface area contributed by atoms with E-state index in [2.05, 4.69) is 15.6 Å². The van der Waals surface area contributed by atoms with Crippen molar-refractivity contribution in [3.8, 4) is 0 Å². The number of aliphatic hydroxyl groups excluding tert-OH is 1. The fourth-order valence-electron chi connectivity index (χ4n) is 2.05. The number of nitrogens with zero attached hydrogens (tertiary/aromatic N) is 3. The highest BCUT2D eigenvalue weighted by atomic mass is 16.3. The lowest BCUT2D eigenvalue weighted by molar-refractivity contribution is 0.126. The molecular formula is C10H18N4O. The van der Waals surface area contributed by atoms with Gasteiger partial charge in [-0.2, -0.15) is 0 Å². The second-order valence-corrected chi connectivity index (χ2v) is 4.34. The minimum Gasteiger partial charge on any atom is -0.385 e. The minimum absolute atomic E-state index is 0.154. The Balaban J connectivity index is 2.16. The second kappa shape index (κ2) is 4.28. The molecular weight excluding hydrogens is 192 g/mol. The third kappa shape index (κ3) is 2.03. The lowest BCUT2D eigenvalue weighted by Gasteiger charge is -2.20. The Hall–Kier alpha value is -0.940. The molecule has 1 aliphatic rings. The van der Waals surface area contributed by atoms with Gasteiger partial charge in [0, 0.05) is 12.1 Å². The zero-order valence-electron chi connectivity index (χ0n) is 9.22. The molecule has 2 rings (SSSR count). The summed E-state index contributed by atoms with van der Waals surface area (Å²) < 4.78 is 1.78. The molecule has 1 aliphatic heterocycles. The molecule has 2 unspecified atom stereocenters. The number of aromatic nitrogens is 3. The molecule has 84 valence electrons. The summed E-state index contributed by atoms with van der Waals surface area (Å²) in [7, 11) is 0. The molecule has 0 aromatic carbocycles. The molecule has 1 saturated heterocycles. The Labute approximate surface area is 89.5 Å². The highest BCUT2D eigenvalue weighted by Crippen LogP contribution is 2.23. The van der Waals surface area contributed by atoms with Crippen LogP contribution in [0.1, 0.15) is 44.5 Å². The van der Waals surface area contributed by atoms with Gasteiger partial charge in [0.1, 0.15) is 6.10 Å². The van der Waals surface area contributed by atoms with Crippen LogP contribution in [0.15, 0.2) is 6.20 Å². The molecule has 2 N–H and O–H groups in total. The van der Waals surface area contributed by atoms with Crippen molar-refractivity contribution in [1.29, 1.82) is 0 Å². The van der Waals surface area contributed by atoms with Gasteiger partial charge in [-0.25, -0.2) is 4.68 Å². The quantitative estimate of drug-likeness (QED) is 0.768. The predicted octanol–water partition coefficient (Wildman–Crippen LogP) is 0.644. The molecule has 0 saturated carbocycles. The largest absolute Gasteiger partial charge is 0.385 e. The zero-order chi connectivity index (χ0) is 10.8. The van der Waals surface area contributed by atoms with Crippen LogP contribution in [0.3, 0.4) is 0 Å². The molecule has 5 heteroatoms. The third-order valence-electron chi connectivity index (χ3n) is 2.87. The number of aliphatic hydroxyl groups is 1. The van der Waals surface area contributed by atoms with E-state index in [0.717, 1.165) is 25.1 Å². The summed E-state index contributed by atoms with van der Waals surface area (Å²) in [6, 6.07) is 0.388. The van der Waals surface area contributed by atoms with Crippen molar-refractivity contribution >= 4 is 0 Å². The van der Waals surface area contributed by atoms with Gasteiger partial charge in [-0.05, 0) is 33.2 Å². The van der Waals surface area contributed by atoms with Gasteiger partial charge in [-0.15, -0.1) is 5.10 Å². The molecule has 1 aromatic heterocycles. The first kappa shape index (κ1) is 10.6. The summed E-state index contributed by atoms with van der Waals surface area (Å²) in [6.07, 6.45) is 3.31. The van der Waals surface area contributed by atoms with E-state index < -0.39 is 6.10 Å². The second-order valence-electron chi connectivity index (χ2n) is 4.34. The van der Waals surface area contributed by atoms with Crippen molar-refractivity contribution in [2.24, 2.45) is 0 Å². The van der Waals surface area contributed by atoms with Crippen molar-refractivity contribution in [2.45, 2.75) is 44.9 Å². The van der Waals surface area contributed by atoms with Crippen LogP contribution in [0.5, 0.6) is 0 Å². The summed E-state index contributed by atoms with van der Waals surface area (Å²) in [4.78, 5) is 0. The molecule has 5 nitrogen and oxygen atoms in total. The molecule has 0 aliphatic carbocycles. The normalized spacial score (nSPS) is 23.6. The third-order valence-corrected chi connectivity index (χ3v) is 2.87. The van der Waals surface area contributed by atoms with Crippen LogP contribution in [0.2, 0.25) is 0 Å². The van der Waals surface area contributed by atoms with Crippen LogP contribution in [-0.2, 0) is 0 Å². The maximum Gasteiger partial charge on any atom is 0.112 e. The van der Waals surface area contributed by atoms with Crippen molar-refractivity contribution in [1.82, 2.24) is 20.3 Å². The fraction of sp³-hybridized carbons (Fsp3) is 0.800. The summed E-state index contributed by atoms with van der Waals surface area (Å²) in [5, 5.41) is 21.3. The standard InChI is InChI=1S/C10H18N4O/c1-7(2)14-9(6-12-13-14)10(15)8-4-3-5-11-8/h6-8,10-11,15H,3-5H2,1-2H3. The van der Waals surface area contributed by atoms with Crippen molar-refractivity contribution in [3.63, 3.8) is 0 Å². The van der Waals surface area contributed by atoms with Gasteiger partial charge in [0.15, 0.2) is 0 Å². The highest BCUT2D eigenvalue weighted by molar-refractivity contribution is 5.04. The Bertz CT molecular complexity index is 317. The van der Waals surface area contributed by atoms with Gasteiger partial charge in [0.05, 0.1) is 11.9 Å². The first-order valence-corrected chi connectivity index (χ1v) is 5.51. The minimum atomic E-state index is -0.495. The first-order valence-electron chi connectivity index (χ1n) is 5.51. The topological polar surface area (TPSA) is 63.0 Å². The Morgan fingerprint density at radius 1 is 1.60 bits per heavy atom. The summed E-state index contributed by atoms with van der Waals surface area (Å²) in [6.45, 7) is 5.06. The molecule has 1 aromatic rings. The maximum atomic E-state index is 10.2. The van der Waals surface area contributed by atoms with Gasteiger partial charge in [0.2, 0.25) is 0 Å². The van der Waals surface area contributed by atoms with Crippen LogP contribution < -0.4 is 5.32 Å². The summed E-state index contributed by atoms with van der Waals surface area (Å²) in [5.74, 6) is 0. The first-order chi connectivity index (χ1) is 7.20. The van der Waals surface area contributed by atoms with E-state index in [1.807, 2.05) is 13.8 Å². The lowest BCUT2D eigenvalue weighted by Crippen LogP contribution is -2.30.